The van der Waals surface area contributed by atoms with Crippen LogP contribution in [0.5, 0.6) is 0 Å². The molecule has 0 N–H and O–H groups in total. The van der Waals surface area contributed by atoms with Crippen molar-refractivity contribution in [1.82, 2.24) is 9.38 Å². The van der Waals surface area contributed by atoms with Gasteiger partial charge in [-0.25, -0.2) is 4.98 Å². The largest absolute Gasteiger partial charge is 0.455 e. The molecule has 0 fully saturated rings. The quantitative estimate of drug-likeness (QED) is 0.281. The van der Waals surface area contributed by atoms with Crippen LogP contribution >= 0.6 is 0 Å². The molecule has 4 aromatic carbocycles. The Labute approximate surface area is 190 Å². The molecule has 7 aromatic rings. The third-order valence-electron chi connectivity index (χ3n) is 6.62. The summed E-state index contributed by atoms with van der Waals surface area (Å²) in [7, 11) is 0. The van der Waals surface area contributed by atoms with Crippen LogP contribution in [0.15, 0.2) is 108 Å². The fraction of sp³-hybridized carbons (Fsp3) is 0.0333. The van der Waals surface area contributed by atoms with Gasteiger partial charge in [-0.2, -0.15) is 0 Å². The van der Waals surface area contributed by atoms with Gasteiger partial charge in [0.15, 0.2) is 0 Å². The second-order valence-corrected chi connectivity index (χ2v) is 8.50. The van der Waals surface area contributed by atoms with Crippen LogP contribution in [0.2, 0.25) is 0 Å². The highest BCUT2D eigenvalue weighted by atomic mass is 16.3. The normalized spacial score (nSPS) is 11.8. The first-order chi connectivity index (χ1) is 16.3. The molecule has 3 aromatic heterocycles. The smallest absolute Gasteiger partial charge is 0.143 e. The number of aryl methyl sites for hydroxylation is 1. The molecule has 7 rings (SSSR count). The molecule has 3 nitrogen and oxygen atoms in total. The van der Waals surface area contributed by atoms with E-state index in [1.807, 2.05) is 30.3 Å². The molecular weight excluding hydrogens is 404 g/mol. The topological polar surface area (TPSA) is 30.4 Å². The van der Waals surface area contributed by atoms with Crippen molar-refractivity contribution in [3.05, 3.63) is 109 Å². The van der Waals surface area contributed by atoms with Crippen LogP contribution in [0.4, 0.5) is 0 Å². The lowest BCUT2D eigenvalue weighted by molar-refractivity contribution is 0.672. The van der Waals surface area contributed by atoms with E-state index >= 15 is 0 Å². The summed E-state index contributed by atoms with van der Waals surface area (Å²) < 4.78 is 8.40. The highest BCUT2D eigenvalue weighted by Gasteiger charge is 2.15. The number of fused-ring (bicyclic) bond motifs is 6. The maximum atomic E-state index is 6.26. The van der Waals surface area contributed by atoms with Gasteiger partial charge in [0.1, 0.15) is 16.8 Å². The fourth-order valence-corrected chi connectivity index (χ4v) is 4.99. The van der Waals surface area contributed by atoms with Gasteiger partial charge in [-0.3, -0.25) is 0 Å². The predicted octanol–water partition coefficient (Wildman–Crippen LogP) is 8.03. The van der Waals surface area contributed by atoms with Crippen molar-refractivity contribution < 1.29 is 4.42 Å². The first kappa shape index (κ1) is 18.2. The number of furan rings is 1. The number of nitrogens with zero attached hydrogens (tertiary/aromatic N) is 2. The van der Waals surface area contributed by atoms with Crippen molar-refractivity contribution in [3.8, 4) is 22.4 Å². The molecule has 33 heavy (non-hydrogen) atoms. The van der Waals surface area contributed by atoms with E-state index in [9.17, 15) is 0 Å². The van der Waals surface area contributed by atoms with Gasteiger partial charge in [-0.05, 0) is 47.7 Å². The monoisotopic (exact) mass is 424 g/mol. The zero-order valence-corrected chi connectivity index (χ0v) is 18.1. The molecule has 0 atom stereocenters. The Morgan fingerprint density at radius 2 is 1.36 bits per heavy atom. The first-order valence-electron chi connectivity index (χ1n) is 11.2. The van der Waals surface area contributed by atoms with Gasteiger partial charge in [-0.15, -0.1) is 0 Å². The molecule has 156 valence electrons. The molecule has 0 saturated heterocycles. The molecule has 0 unspecified atom stereocenters. The van der Waals surface area contributed by atoms with Crippen LogP contribution in [0.3, 0.4) is 0 Å². The second-order valence-electron chi connectivity index (χ2n) is 8.50. The number of benzene rings is 4. The molecule has 0 aliphatic heterocycles. The van der Waals surface area contributed by atoms with E-state index in [-0.39, 0.29) is 0 Å². The fourth-order valence-electron chi connectivity index (χ4n) is 4.99. The average molecular weight is 425 g/mol. The molecule has 0 saturated carbocycles. The lowest BCUT2D eigenvalue weighted by Crippen LogP contribution is -1.87. The Hall–Kier alpha value is -4.37. The molecule has 0 aliphatic rings. The zero-order chi connectivity index (χ0) is 21.9. The van der Waals surface area contributed by atoms with Crippen molar-refractivity contribution >= 4 is 38.4 Å². The summed E-state index contributed by atoms with van der Waals surface area (Å²) in [5.74, 6) is 0. The number of hydrogen-bond donors (Lipinski definition) is 0. The maximum absolute atomic E-state index is 6.26. The molecule has 3 heteroatoms. The molecule has 0 amide bonds. The number of para-hydroxylation sites is 1. The van der Waals surface area contributed by atoms with Crippen molar-refractivity contribution in [1.29, 1.82) is 0 Å². The summed E-state index contributed by atoms with van der Waals surface area (Å²) >= 11 is 0. The molecule has 0 aliphatic carbocycles. The molecule has 0 radical (unpaired) electrons. The number of hydrogen-bond acceptors (Lipinski definition) is 2. The molecular formula is C30H20N2O. The van der Waals surface area contributed by atoms with E-state index in [1.165, 1.54) is 16.5 Å². The van der Waals surface area contributed by atoms with Crippen LogP contribution in [-0.2, 0) is 0 Å². The second kappa shape index (κ2) is 6.81. The minimum Gasteiger partial charge on any atom is -0.455 e. The highest BCUT2D eigenvalue weighted by molar-refractivity contribution is 6.19. The average Bonchev–Trinajstić information content (AvgIpc) is 3.42. The van der Waals surface area contributed by atoms with E-state index in [1.54, 1.807) is 0 Å². The molecule has 0 bridgehead atoms. The number of aromatic nitrogens is 2. The van der Waals surface area contributed by atoms with E-state index in [0.717, 1.165) is 49.9 Å². The molecule has 3 heterocycles. The van der Waals surface area contributed by atoms with Crippen LogP contribution in [0.25, 0.3) is 60.7 Å². The Bertz CT molecular complexity index is 1820. The van der Waals surface area contributed by atoms with Crippen molar-refractivity contribution in [2.75, 3.05) is 0 Å². The summed E-state index contributed by atoms with van der Waals surface area (Å²) in [6, 6.07) is 33.9. The Kier molecular flexibility index (Phi) is 3.76. The van der Waals surface area contributed by atoms with Gasteiger partial charge < -0.3 is 8.82 Å². The van der Waals surface area contributed by atoms with E-state index < -0.39 is 0 Å². The van der Waals surface area contributed by atoms with Crippen LogP contribution in [0.1, 0.15) is 5.69 Å². The van der Waals surface area contributed by atoms with Gasteiger partial charge in [-0.1, -0.05) is 72.8 Å². The molecule has 0 spiro atoms. The number of pyridine rings is 1. The SMILES string of the molecule is Cc1c(-c2ccc(-c3cc4c5ccccc5oc4c4ccccc34)cc2)nc2ccccn12. The van der Waals surface area contributed by atoms with Crippen LogP contribution in [0, 0.1) is 6.92 Å². The third kappa shape index (κ3) is 2.66. The van der Waals surface area contributed by atoms with Crippen LogP contribution < -0.4 is 0 Å². The summed E-state index contributed by atoms with van der Waals surface area (Å²) in [6.45, 7) is 2.12. The lowest BCUT2D eigenvalue weighted by Gasteiger charge is -2.09. The van der Waals surface area contributed by atoms with Crippen molar-refractivity contribution in [2.45, 2.75) is 6.92 Å². The standard InChI is InChI=1S/C30H20N2O/c1-19-29(31-28-12-6-7-17-32(19)28)21-15-13-20(14-16-21)25-18-26-23-9-4-5-11-27(23)33-30(26)24-10-3-2-8-22(24)25/h2-18H,1H3. The number of rotatable bonds is 2. The first-order valence-corrected chi connectivity index (χ1v) is 11.2. The van der Waals surface area contributed by atoms with Crippen molar-refractivity contribution in [2.24, 2.45) is 0 Å². The summed E-state index contributed by atoms with van der Waals surface area (Å²) in [5, 5.41) is 4.64. The van der Waals surface area contributed by atoms with Gasteiger partial charge in [0.05, 0.1) is 5.69 Å². The summed E-state index contributed by atoms with van der Waals surface area (Å²) in [4.78, 5) is 4.85. The van der Waals surface area contributed by atoms with E-state index in [4.69, 9.17) is 9.40 Å². The van der Waals surface area contributed by atoms with E-state index in [2.05, 4.69) is 84.3 Å². The minimum absolute atomic E-state index is 0.924. The summed E-state index contributed by atoms with van der Waals surface area (Å²) in [6.07, 6.45) is 2.06. The van der Waals surface area contributed by atoms with Gasteiger partial charge in [0, 0.05) is 33.6 Å². The predicted molar refractivity (Wildman–Crippen MR) is 136 cm³/mol. The third-order valence-corrected chi connectivity index (χ3v) is 6.62. The lowest BCUT2D eigenvalue weighted by atomic mass is 9.94. The maximum Gasteiger partial charge on any atom is 0.143 e. The van der Waals surface area contributed by atoms with Crippen LogP contribution in [-0.4, -0.2) is 9.38 Å². The Morgan fingerprint density at radius 3 is 2.18 bits per heavy atom. The van der Waals surface area contributed by atoms with E-state index in [0.29, 0.717) is 0 Å². The van der Waals surface area contributed by atoms with Gasteiger partial charge >= 0.3 is 0 Å². The van der Waals surface area contributed by atoms with Gasteiger partial charge in [0.2, 0.25) is 0 Å². The highest BCUT2D eigenvalue weighted by Crippen LogP contribution is 2.40. The Balaban J connectivity index is 1.43. The van der Waals surface area contributed by atoms with Crippen molar-refractivity contribution in [3.63, 3.8) is 0 Å². The minimum atomic E-state index is 0.924. The zero-order valence-electron chi connectivity index (χ0n) is 18.1. The Morgan fingerprint density at radius 1 is 0.667 bits per heavy atom. The number of imidazole rings is 1. The van der Waals surface area contributed by atoms with Gasteiger partial charge in [0.25, 0.3) is 0 Å². The summed E-state index contributed by atoms with van der Waals surface area (Å²) in [5.41, 5.74) is 8.53.